The molecule has 26 heavy (non-hydrogen) atoms. The number of piperidine rings is 1. The van der Waals surface area contributed by atoms with Gasteiger partial charge in [0.25, 0.3) is 0 Å². The van der Waals surface area contributed by atoms with Crippen molar-refractivity contribution in [3.8, 4) is 0 Å². The Kier molecular flexibility index (Phi) is 7.04. The first-order valence-electron chi connectivity index (χ1n) is 9.97. The molecule has 2 N–H and O–H groups in total. The zero-order valence-electron chi connectivity index (χ0n) is 16.0. The van der Waals surface area contributed by atoms with E-state index in [9.17, 15) is 0 Å². The molecule has 0 saturated carbocycles. The van der Waals surface area contributed by atoms with E-state index in [-0.39, 0.29) is 0 Å². The Morgan fingerprint density at radius 3 is 2.27 bits per heavy atom. The molecular weight excluding hydrogens is 316 g/mol. The average molecular weight is 349 g/mol. The smallest absolute Gasteiger partial charge is 0.0144 e. The van der Waals surface area contributed by atoms with Crippen molar-refractivity contribution in [1.29, 1.82) is 0 Å². The van der Waals surface area contributed by atoms with Crippen LogP contribution in [-0.4, -0.2) is 30.6 Å². The second-order valence-corrected chi connectivity index (χ2v) is 7.56. The lowest BCUT2D eigenvalue weighted by Gasteiger charge is -2.38. The van der Waals surface area contributed by atoms with Crippen LogP contribution in [0.15, 0.2) is 66.2 Å². The Bertz CT molecular complexity index is 670. The highest BCUT2D eigenvalue weighted by atomic mass is 15.2. The number of nitrogens with two attached hydrogens (primary N) is 1. The average Bonchev–Trinajstić information content (AvgIpc) is 2.69. The van der Waals surface area contributed by atoms with E-state index in [1.807, 2.05) is 0 Å². The van der Waals surface area contributed by atoms with Gasteiger partial charge in [-0.2, -0.15) is 0 Å². The summed E-state index contributed by atoms with van der Waals surface area (Å²) in [6.07, 6.45) is 7.03. The minimum absolute atomic E-state index is 0.566. The maximum absolute atomic E-state index is 5.94. The van der Waals surface area contributed by atoms with E-state index in [2.05, 4.69) is 78.6 Å². The minimum Gasteiger partial charge on any atom is -0.330 e. The summed E-state index contributed by atoms with van der Waals surface area (Å²) in [5.74, 6) is 0.715. The van der Waals surface area contributed by atoms with Crippen molar-refractivity contribution in [2.45, 2.75) is 44.6 Å². The molecule has 1 atom stereocenters. The van der Waals surface area contributed by atoms with Crippen LogP contribution in [0.4, 0.5) is 0 Å². The van der Waals surface area contributed by atoms with Gasteiger partial charge in [-0.25, -0.2) is 0 Å². The molecule has 1 aliphatic rings. The molecule has 1 saturated heterocycles. The second kappa shape index (κ2) is 9.70. The number of hydrogen-bond acceptors (Lipinski definition) is 2. The zero-order chi connectivity index (χ0) is 18.2. The predicted molar refractivity (Wildman–Crippen MR) is 112 cm³/mol. The van der Waals surface area contributed by atoms with Gasteiger partial charge in [0.15, 0.2) is 0 Å². The molecule has 0 spiro atoms. The first-order valence-corrected chi connectivity index (χ1v) is 9.97. The maximum atomic E-state index is 5.94. The van der Waals surface area contributed by atoms with Crippen LogP contribution >= 0.6 is 0 Å². The molecule has 0 aliphatic carbocycles. The third kappa shape index (κ3) is 5.30. The van der Waals surface area contributed by atoms with Crippen molar-refractivity contribution >= 4 is 6.08 Å². The lowest BCUT2D eigenvalue weighted by atomic mass is 9.88. The van der Waals surface area contributed by atoms with Crippen LogP contribution in [0.1, 0.15) is 49.7 Å². The molecule has 0 radical (unpaired) electrons. The van der Waals surface area contributed by atoms with Gasteiger partial charge in [0.2, 0.25) is 0 Å². The standard InChI is InChI=1S/C24H32N2/c1-20(18-21-8-4-2-5-9-21)19-24(12-15-25)26-16-13-23(14-17-26)22-10-6-3-7-11-22/h2-11,18,23-24H,12-17,19,25H2,1H3. The summed E-state index contributed by atoms with van der Waals surface area (Å²) in [6, 6.07) is 22.2. The number of likely N-dealkylation sites (tertiary alicyclic amines) is 1. The highest BCUT2D eigenvalue weighted by Crippen LogP contribution is 2.30. The predicted octanol–water partition coefficient (Wildman–Crippen LogP) is 5.08. The minimum atomic E-state index is 0.566. The summed E-state index contributed by atoms with van der Waals surface area (Å²) in [5, 5.41) is 0. The van der Waals surface area contributed by atoms with Gasteiger partial charge in [-0.05, 0) is 69.3 Å². The molecule has 3 rings (SSSR count). The fourth-order valence-electron chi connectivity index (χ4n) is 4.19. The van der Waals surface area contributed by atoms with Gasteiger partial charge >= 0.3 is 0 Å². The Morgan fingerprint density at radius 1 is 1.04 bits per heavy atom. The molecule has 0 aromatic heterocycles. The quantitative estimate of drug-likeness (QED) is 0.756. The van der Waals surface area contributed by atoms with Crippen molar-refractivity contribution in [3.63, 3.8) is 0 Å². The van der Waals surface area contributed by atoms with Crippen molar-refractivity contribution < 1.29 is 0 Å². The molecule has 2 aromatic carbocycles. The Balaban J connectivity index is 1.59. The molecular formula is C24H32N2. The monoisotopic (exact) mass is 348 g/mol. The van der Waals surface area contributed by atoms with Crippen LogP contribution in [0.3, 0.4) is 0 Å². The Morgan fingerprint density at radius 2 is 1.65 bits per heavy atom. The van der Waals surface area contributed by atoms with Gasteiger partial charge in [-0.3, -0.25) is 4.90 Å². The highest BCUT2D eigenvalue weighted by Gasteiger charge is 2.25. The van der Waals surface area contributed by atoms with E-state index < -0.39 is 0 Å². The van der Waals surface area contributed by atoms with E-state index in [1.54, 1.807) is 0 Å². The van der Waals surface area contributed by atoms with E-state index in [4.69, 9.17) is 5.73 Å². The summed E-state index contributed by atoms with van der Waals surface area (Å²) < 4.78 is 0. The van der Waals surface area contributed by atoms with Crippen LogP contribution in [0.5, 0.6) is 0 Å². The summed E-state index contributed by atoms with van der Waals surface area (Å²) in [4.78, 5) is 2.68. The molecule has 1 unspecified atom stereocenters. The van der Waals surface area contributed by atoms with Gasteiger partial charge in [-0.15, -0.1) is 0 Å². The molecule has 1 fully saturated rings. The van der Waals surface area contributed by atoms with Gasteiger partial charge in [0.1, 0.15) is 0 Å². The van der Waals surface area contributed by atoms with E-state index in [0.29, 0.717) is 12.0 Å². The van der Waals surface area contributed by atoms with Gasteiger partial charge in [0, 0.05) is 6.04 Å². The summed E-state index contributed by atoms with van der Waals surface area (Å²) in [5.41, 5.74) is 10.2. The number of hydrogen-bond donors (Lipinski definition) is 1. The van der Waals surface area contributed by atoms with Crippen molar-refractivity contribution in [3.05, 3.63) is 77.4 Å². The molecule has 0 bridgehead atoms. The SMILES string of the molecule is CC(=Cc1ccccc1)CC(CCN)N1CCC(c2ccccc2)CC1. The lowest BCUT2D eigenvalue weighted by Crippen LogP contribution is -2.42. The normalized spacial score (nSPS) is 18.0. The van der Waals surface area contributed by atoms with E-state index in [1.165, 1.54) is 42.6 Å². The van der Waals surface area contributed by atoms with Crippen LogP contribution in [0, 0.1) is 0 Å². The largest absolute Gasteiger partial charge is 0.330 e. The first-order chi connectivity index (χ1) is 12.8. The van der Waals surface area contributed by atoms with Gasteiger partial charge in [0.05, 0.1) is 0 Å². The van der Waals surface area contributed by atoms with Crippen LogP contribution in [-0.2, 0) is 0 Å². The molecule has 2 nitrogen and oxygen atoms in total. The molecule has 0 amide bonds. The number of nitrogens with zero attached hydrogens (tertiary/aromatic N) is 1. The zero-order valence-corrected chi connectivity index (χ0v) is 16.0. The van der Waals surface area contributed by atoms with Crippen molar-refractivity contribution in [2.75, 3.05) is 19.6 Å². The molecule has 2 heteroatoms. The van der Waals surface area contributed by atoms with Crippen LogP contribution < -0.4 is 5.73 Å². The fraction of sp³-hybridized carbons (Fsp3) is 0.417. The first kappa shape index (κ1) is 18.9. The summed E-state index contributed by atoms with van der Waals surface area (Å²) in [6.45, 7) is 5.39. The van der Waals surface area contributed by atoms with Crippen LogP contribution in [0.2, 0.25) is 0 Å². The molecule has 1 aliphatic heterocycles. The summed E-state index contributed by atoms with van der Waals surface area (Å²) >= 11 is 0. The maximum Gasteiger partial charge on any atom is 0.0144 e. The molecule has 1 heterocycles. The summed E-state index contributed by atoms with van der Waals surface area (Å²) in [7, 11) is 0. The van der Waals surface area contributed by atoms with Crippen molar-refractivity contribution in [1.82, 2.24) is 4.90 Å². The number of rotatable bonds is 7. The van der Waals surface area contributed by atoms with E-state index in [0.717, 1.165) is 19.4 Å². The van der Waals surface area contributed by atoms with Gasteiger partial charge < -0.3 is 5.73 Å². The van der Waals surface area contributed by atoms with Crippen LogP contribution in [0.25, 0.3) is 6.08 Å². The van der Waals surface area contributed by atoms with Gasteiger partial charge in [-0.1, -0.05) is 72.3 Å². The fourth-order valence-corrected chi connectivity index (χ4v) is 4.19. The topological polar surface area (TPSA) is 29.3 Å². The second-order valence-electron chi connectivity index (χ2n) is 7.56. The molecule has 138 valence electrons. The lowest BCUT2D eigenvalue weighted by molar-refractivity contribution is 0.145. The third-order valence-corrected chi connectivity index (χ3v) is 5.59. The van der Waals surface area contributed by atoms with Crippen molar-refractivity contribution in [2.24, 2.45) is 5.73 Å². The van der Waals surface area contributed by atoms with E-state index >= 15 is 0 Å². The Labute approximate surface area is 158 Å². The molecule has 2 aromatic rings. The third-order valence-electron chi connectivity index (χ3n) is 5.59. The Hall–Kier alpha value is -1.90. The number of benzene rings is 2. The highest BCUT2D eigenvalue weighted by molar-refractivity contribution is 5.52.